The molecular formula is C14H22N4O3. The van der Waals surface area contributed by atoms with Crippen molar-refractivity contribution in [3.8, 4) is 0 Å². The smallest absolute Gasteiger partial charge is 0.315 e. The maximum Gasteiger partial charge on any atom is 0.315 e. The lowest BCUT2D eigenvalue weighted by Crippen LogP contribution is -2.37. The largest absolute Gasteiger partial charge is 0.379 e. The summed E-state index contributed by atoms with van der Waals surface area (Å²) < 4.78 is 0. The van der Waals surface area contributed by atoms with E-state index in [-0.39, 0.29) is 11.6 Å². The number of carbonyl (C=O) groups excluding carboxylic acids is 1. The van der Waals surface area contributed by atoms with Gasteiger partial charge >= 0.3 is 5.69 Å². The molecule has 1 aromatic rings. The van der Waals surface area contributed by atoms with Gasteiger partial charge in [-0.05, 0) is 32.4 Å². The lowest BCUT2D eigenvalue weighted by Gasteiger charge is -2.16. The second kappa shape index (κ2) is 8.08. The Morgan fingerprint density at radius 2 is 2.00 bits per heavy atom. The third kappa shape index (κ3) is 4.62. The van der Waals surface area contributed by atoms with Gasteiger partial charge in [-0.25, -0.2) is 0 Å². The Balaban J connectivity index is 3.00. The summed E-state index contributed by atoms with van der Waals surface area (Å²) in [5.41, 5.74) is 0.747. The molecular weight excluding hydrogens is 272 g/mol. The summed E-state index contributed by atoms with van der Waals surface area (Å²) in [6.07, 6.45) is 0.865. The molecule has 0 aliphatic heterocycles. The van der Waals surface area contributed by atoms with Crippen LogP contribution in [0.2, 0.25) is 0 Å². The number of hydrogen-bond donors (Lipinski definition) is 3. The molecule has 0 saturated carbocycles. The molecule has 0 saturated heterocycles. The predicted octanol–water partition coefficient (Wildman–Crippen LogP) is 2.35. The molecule has 0 aliphatic rings. The maximum absolute atomic E-state index is 11.7. The van der Waals surface area contributed by atoms with Crippen LogP contribution in [0.25, 0.3) is 0 Å². The number of nitro groups is 1. The van der Waals surface area contributed by atoms with Gasteiger partial charge in [0.2, 0.25) is 5.91 Å². The minimum Gasteiger partial charge on any atom is -0.379 e. The highest BCUT2D eigenvalue weighted by atomic mass is 16.6. The first kappa shape index (κ1) is 16.7. The third-order valence-corrected chi connectivity index (χ3v) is 2.90. The van der Waals surface area contributed by atoms with Gasteiger partial charge in [0.05, 0.1) is 4.92 Å². The SMILES string of the molecule is CCCNc1cccc(NC(C)C(=O)NCC)c1[N+](=O)[O-]. The Morgan fingerprint density at radius 3 is 2.57 bits per heavy atom. The van der Waals surface area contributed by atoms with Crippen molar-refractivity contribution in [2.75, 3.05) is 23.7 Å². The van der Waals surface area contributed by atoms with Crippen LogP contribution >= 0.6 is 0 Å². The predicted molar refractivity (Wildman–Crippen MR) is 83.6 cm³/mol. The maximum atomic E-state index is 11.7. The number of nitrogens with one attached hydrogen (secondary N) is 3. The van der Waals surface area contributed by atoms with E-state index in [2.05, 4.69) is 16.0 Å². The standard InChI is InChI=1S/C14H22N4O3/c1-4-9-16-11-7-6-8-12(13(11)18(20)21)17-10(3)14(19)15-5-2/h6-8,10,16-17H,4-5,9H2,1-3H3,(H,15,19). The zero-order valence-electron chi connectivity index (χ0n) is 12.6. The Kier molecular flexibility index (Phi) is 6.45. The molecule has 1 rings (SSSR count). The minimum atomic E-state index is -0.551. The first-order valence-corrected chi connectivity index (χ1v) is 7.06. The number of para-hydroxylation sites is 1. The van der Waals surface area contributed by atoms with Gasteiger partial charge in [-0.1, -0.05) is 13.0 Å². The second-order valence-electron chi connectivity index (χ2n) is 4.65. The summed E-state index contributed by atoms with van der Waals surface area (Å²) >= 11 is 0. The average Bonchev–Trinajstić information content (AvgIpc) is 2.44. The first-order chi connectivity index (χ1) is 10.0. The molecule has 1 amide bonds. The lowest BCUT2D eigenvalue weighted by molar-refractivity contribution is -0.383. The van der Waals surface area contributed by atoms with Crippen LogP contribution in [0.4, 0.5) is 17.1 Å². The van der Waals surface area contributed by atoms with Crippen molar-refractivity contribution in [1.82, 2.24) is 5.32 Å². The highest BCUT2D eigenvalue weighted by Crippen LogP contribution is 2.33. The van der Waals surface area contributed by atoms with Crippen LogP contribution in [-0.4, -0.2) is 30.0 Å². The van der Waals surface area contributed by atoms with E-state index < -0.39 is 11.0 Å². The minimum absolute atomic E-state index is 0.0397. The Labute approximate surface area is 124 Å². The van der Waals surface area contributed by atoms with E-state index in [1.807, 2.05) is 13.8 Å². The van der Waals surface area contributed by atoms with Crippen molar-refractivity contribution in [1.29, 1.82) is 0 Å². The van der Waals surface area contributed by atoms with E-state index in [9.17, 15) is 14.9 Å². The molecule has 1 atom stereocenters. The number of anilines is 2. The van der Waals surface area contributed by atoms with Crippen LogP contribution in [0, 0.1) is 10.1 Å². The number of carbonyl (C=O) groups is 1. The van der Waals surface area contributed by atoms with Crippen LogP contribution in [0.3, 0.4) is 0 Å². The van der Waals surface area contributed by atoms with Crippen molar-refractivity contribution in [2.24, 2.45) is 0 Å². The van der Waals surface area contributed by atoms with Crippen molar-refractivity contribution in [3.05, 3.63) is 28.3 Å². The van der Waals surface area contributed by atoms with Crippen LogP contribution in [0.5, 0.6) is 0 Å². The number of nitrogens with zero attached hydrogens (tertiary/aromatic N) is 1. The Morgan fingerprint density at radius 1 is 1.33 bits per heavy atom. The fraction of sp³-hybridized carbons (Fsp3) is 0.500. The molecule has 0 aliphatic carbocycles. The van der Waals surface area contributed by atoms with Gasteiger partial charge < -0.3 is 16.0 Å². The first-order valence-electron chi connectivity index (χ1n) is 7.06. The number of amides is 1. The molecule has 7 heteroatoms. The molecule has 1 aromatic carbocycles. The molecule has 0 spiro atoms. The number of nitro benzene ring substituents is 1. The summed E-state index contributed by atoms with van der Waals surface area (Å²) in [5, 5.41) is 19.9. The summed E-state index contributed by atoms with van der Waals surface area (Å²) in [6, 6.07) is 4.43. The van der Waals surface area contributed by atoms with Crippen molar-refractivity contribution >= 4 is 23.0 Å². The average molecular weight is 294 g/mol. The van der Waals surface area contributed by atoms with Gasteiger partial charge in [0, 0.05) is 13.1 Å². The summed E-state index contributed by atoms with van der Waals surface area (Å²) in [6.45, 7) is 6.64. The van der Waals surface area contributed by atoms with E-state index >= 15 is 0 Å². The number of likely N-dealkylation sites (N-methyl/N-ethyl adjacent to an activating group) is 1. The van der Waals surface area contributed by atoms with Crippen LogP contribution in [0.1, 0.15) is 27.2 Å². The van der Waals surface area contributed by atoms with E-state index in [1.165, 1.54) is 0 Å². The number of hydrogen-bond acceptors (Lipinski definition) is 5. The highest BCUT2D eigenvalue weighted by Gasteiger charge is 2.22. The number of rotatable bonds is 8. The molecule has 1 unspecified atom stereocenters. The molecule has 3 N–H and O–H groups in total. The summed E-state index contributed by atoms with van der Waals surface area (Å²) in [7, 11) is 0. The Hall–Kier alpha value is -2.31. The van der Waals surface area contributed by atoms with Gasteiger partial charge in [-0.3, -0.25) is 14.9 Å². The molecule has 21 heavy (non-hydrogen) atoms. The van der Waals surface area contributed by atoms with Crippen LogP contribution < -0.4 is 16.0 Å². The van der Waals surface area contributed by atoms with Gasteiger partial charge in [0.15, 0.2) is 0 Å². The van der Waals surface area contributed by atoms with Gasteiger partial charge in [0.1, 0.15) is 17.4 Å². The topological polar surface area (TPSA) is 96.3 Å². The molecule has 0 heterocycles. The molecule has 0 bridgehead atoms. The van der Waals surface area contributed by atoms with E-state index in [0.717, 1.165) is 6.42 Å². The second-order valence-corrected chi connectivity index (χ2v) is 4.65. The quantitative estimate of drug-likeness (QED) is 0.505. The van der Waals surface area contributed by atoms with E-state index in [4.69, 9.17) is 0 Å². The summed E-state index contributed by atoms with van der Waals surface area (Å²) in [4.78, 5) is 22.6. The molecule has 0 fully saturated rings. The van der Waals surface area contributed by atoms with Crippen LogP contribution in [-0.2, 0) is 4.79 Å². The van der Waals surface area contributed by atoms with E-state index in [1.54, 1.807) is 25.1 Å². The van der Waals surface area contributed by atoms with Crippen molar-refractivity contribution in [3.63, 3.8) is 0 Å². The van der Waals surface area contributed by atoms with Gasteiger partial charge in [-0.2, -0.15) is 0 Å². The Bertz CT molecular complexity index is 505. The monoisotopic (exact) mass is 294 g/mol. The zero-order valence-corrected chi connectivity index (χ0v) is 12.6. The zero-order chi connectivity index (χ0) is 15.8. The van der Waals surface area contributed by atoms with Gasteiger partial charge in [-0.15, -0.1) is 0 Å². The fourth-order valence-electron chi connectivity index (χ4n) is 1.89. The normalized spacial score (nSPS) is 11.6. The van der Waals surface area contributed by atoms with E-state index in [0.29, 0.717) is 24.5 Å². The third-order valence-electron chi connectivity index (χ3n) is 2.90. The fourth-order valence-corrected chi connectivity index (χ4v) is 1.89. The van der Waals surface area contributed by atoms with Crippen molar-refractivity contribution < 1.29 is 9.72 Å². The number of benzene rings is 1. The molecule has 116 valence electrons. The van der Waals surface area contributed by atoms with Crippen molar-refractivity contribution in [2.45, 2.75) is 33.2 Å². The van der Waals surface area contributed by atoms with Gasteiger partial charge in [0.25, 0.3) is 0 Å². The molecule has 0 aromatic heterocycles. The van der Waals surface area contributed by atoms with Crippen LogP contribution in [0.15, 0.2) is 18.2 Å². The molecule has 7 nitrogen and oxygen atoms in total. The molecule has 0 radical (unpaired) electrons. The lowest BCUT2D eigenvalue weighted by atomic mass is 10.2. The summed E-state index contributed by atoms with van der Waals surface area (Å²) in [5.74, 6) is -0.196. The highest BCUT2D eigenvalue weighted by molar-refractivity contribution is 5.86.